The van der Waals surface area contributed by atoms with Crippen LogP contribution in [0.5, 0.6) is 5.75 Å². The van der Waals surface area contributed by atoms with E-state index in [4.69, 9.17) is 4.74 Å². The molecule has 0 spiro atoms. The van der Waals surface area contributed by atoms with E-state index >= 15 is 0 Å². The van der Waals surface area contributed by atoms with E-state index in [0.29, 0.717) is 5.92 Å². The lowest BCUT2D eigenvalue weighted by Crippen LogP contribution is -2.05. The number of fused-ring (bicyclic) bond motifs is 1. The summed E-state index contributed by atoms with van der Waals surface area (Å²) >= 11 is 0. The predicted octanol–water partition coefficient (Wildman–Crippen LogP) is 10.3. The standard InChI is InChI=1S/C21H28O.4C2H6/c1-4-8-16-12-19(11-15(16)5-2)20-13-17-9-6-7-10-18(17)14-21(20)22-3;4*1-2/h6-7,9-10,13-16,19H,4-5,8,11-12H2,1-3H3;4*1-2H3. The van der Waals surface area contributed by atoms with Gasteiger partial charge in [-0.3, -0.25) is 0 Å². The maximum absolute atomic E-state index is 5.73. The minimum absolute atomic E-state index is 0.668. The Bertz CT molecular complexity index is 631. The van der Waals surface area contributed by atoms with Gasteiger partial charge in [-0.25, -0.2) is 0 Å². The number of hydrogen-bond acceptors (Lipinski definition) is 1. The second-order valence-electron chi connectivity index (χ2n) is 6.83. The number of benzene rings is 2. The summed E-state index contributed by atoms with van der Waals surface area (Å²) in [6.45, 7) is 20.7. The number of ether oxygens (including phenoxy) is 1. The average molecular weight is 417 g/mol. The van der Waals surface area contributed by atoms with Crippen molar-refractivity contribution in [1.29, 1.82) is 0 Å². The Kier molecular flexibility index (Phi) is 19.9. The maximum Gasteiger partial charge on any atom is 0.122 e. The zero-order valence-corrected chi connectivity index (χ0v) is 22.1. The third kappa shape index (κ3) is 8.70. The zero-order valence-electron chi connectivity index (χ0n) is 22.1. The molecule has 0 radical (unpaired) electrons. The molecule has 1 aliphatic rings. The molecule has 2 aromatic rings. The molecule has 0 amide bonds. The minimum Gasteiger partial charge on any atom is -0.496 e. The van der Waals surface area contributed by atoms with Crippen LogP contribution in [0.25, 0.3) is 10.8 Å². The Morgan fingerprint density at radius 1 is 0.767 bits per heavy atom. The normalized spacial score (nSPS) is 19.0. The molecule has 2 aromatic carbocycles. The smallest absolute Gasteiger partial charge is 0.122 e. The highest BCUT2D eigenvalue weighted by atomic mass is 16.5. The minimum atomic E-state index is 0.668. The fraction of sp³-hybridized carbons (Fsp3) is 0.655. The molecular weight excluding hydrogens is 364 g/mol. The lowest BCUT2D eigenvalue weighted by molar-refractivity contribution is 0.352. The van der Waals surface area contributed by atoms with E-state index in [0.717, 1.165) is 17.6 Å². The van der Waals surface area contributed by atoms with Gasteiger partial charge in [0.1, 0.15) is 5.75 Å². The van der Waals surface area contributed by atoms with E-state index in [-0.39, 0.29) is 0 Å². The Labute approximate surface area is 189 Å². The zero-order chi connectivity index (χ0) is 23.5. The predicted molar refractivity (Wildman–Crippen MR) is 140 cm³/mol. The lowest BCUT2D eigenvalue weighted by atomic mass is 9.90. The lowest BCUT2D eigenvalue weighted by Gasteiger charge is -2.16. The van der Waals surface area contributed by atoms with Gasteiger partial charge >= 0.3 is 0 Å². The molecule has 3 rings (SSSR count). The summed E-state index contributed by atoms with van der Waals surface area (Å²) in [5.74, 6) is 3.54. The molecule has 1 saturated carbocycles. The van der Waals surface area contributed by atoms with Crippen molar-refractivity contribution in [2.75, 3.05) is 7.11 Å². The summed E-state index contributed by atoms with van der Waals surface area (Å²) in [7, 11) is 1.81. The highest BCUT2D eigenvalue weighted by Crippen LogP contribution is 2.48. The Balaban J connectivity index is 0. The fourth-order valence-electron chi connectivity index (χ4n) is 4.42. The molecular formula is C29H52O. The topological polar surface area (TPSA) is 9.23 Å². The summed E-state index contributed by atoms with van der Waals surface area (Å²) in [5, 5.41) is 2.61. The van der Waals surface area contributed by atoms with Gasteiger partial charge < -0.3 is 4.74 Å². The molecule has 0 aliphatic heterocycles. The fourth-order valence-corrected chi connectivity index (χ4v) is 4.42. The first kappa shape index (κ1) is 30.7. The van der Waals surface area contributed by atoms with Crippen LogP contribution in [0, 0.1) is 11.8 Å². The molecule has 30 heavy (non-hydrogen) atoms. The molecule has 0 saturated heterocycles. The first-order valence-electron chi connectivity index (χ1n) is 12.8. The number of rotatable bonds is 5. The van der Waals surface area contributed by atoms with Crippen molar-refractivity contribution in [1.82, 2.24) is 0 Å². The van der Waals surface area contributed by atoms with Crippen LogP contribution in [0.3, 0.4) is 0 Å². The first-order valence-corrected chi connectivity index (χ1v) is 12.8. The van der Waals surface area contributed by atoms with E-state index in [1.54, 1.807) is 0 Å². The Morgan fingerprint density at radius 2 is 1.27 bits per heavy atom. The van der Waals surface area contributed by atoms with Crippen LogP contribution in [-0.2, 0) is 0 Å². The average Bonchev–Trinajstić information content (AvgIpc) is 3.26. The molecule has 1 fully saturated rings. The van der Waals surface area contributed by atoms with Crippen LogP contribution in [0.4, 0.5) is 0 Å². The number of hydrogen-bond donors (Lipinski definition) is 0. The monoisotopic (exact) mass is 416 g/mol. The molecule has 1 nitrogen and oxygen atoms in total. The van der Waals surface area contributed by atoms with Gasteiger partial charge in [-0.2, -0.15) is 0 Å². The first-order chi connectivity index (χ1) is 14.8. The molecule has 3 unspecified atom stereocenters. The van der Waals surface area contributed by atoms with Gasteiger partial charge in [-0.1, -0.05) is 113 Å². The summed E-state index contributed by atoms with van der Waals surface area (Å²) in [4.78, 5) is 0. The van der Waals surface area contributed by atoms with Gasteiger partial charge in [0.25, 0.3) is 0 Å². The van der Waals surface area contributed by atoms with Crippen molar-refractivity contribution in [2.45, 2.75) is 107 Å². The van der Waals surface area contributed by atoms with Crippen LogP contribution in [-0.4, -0.2) is 7.11 Å². The van der Waals surface area contributed by atoms with Gasteiger partial charge in [-0.15, -0.1) is 0 Å². The molecule has 0 bridgehead atoms. The van der Waals surface area contributed by atoms with Crippen molar-refractivity contribution >= 4 is 10.8 Å². The van der Waals surface area contributed by atoms with E-state index in [9.17, 15) is 0 Å². The van der Waals surface area contributed by atoms with Crippen LogP contribution < -0.4 is 4.74 Å². The summed E-state index contributed by atoms with van der Waals surface area (Å²) in [6, 6.07) is 13.2. The maximum atomic E-state index is 5.73. The molecule has 1 heteroatoms. The Hall–Kier alpha value is -1.50. The molecule has 0 aromatic heterocycles. The second kappa shape index (κ2) is 19.5. The van der Waals surface area contributed by atoms with Crippen molar-refractivity contribution in [3.63, 3.8) is 0 Å². The van der Waals surface area contributed by atoms with Crippen LogP contribution in [0.15, 0.2) is 36.4 Å². The van der Waals surface area contributed by atoms with Gasteiger partial charge in [0.2, 0.25) is 0 Å². The van der Waals surface area contributed by atoms with E-state index in [2.05, 4.69) is 50.2 Å². The highest BCUT2D eigenvalue weighted by Gasteiger charge is 2.34. The summed E-state index contributed by atoms with van der Waals surface area (Å²) in [6.07, 6.45) is 6.67. The highest BCUT2D eigenvalue weighted by molar-refractivity contribution is 5.85. The summed E-state index contributed by atoms with van der Waals surface area (Å²) < 4.78 is 5.73. The van der Waals surface area contributed by atoms with E-state index < -0.39 is 0 Å². The molecule has 0 N–H and O–H groups in total. The molecule has 174 valence electrons. The van der Waals surface area contributed by atoms with Gasteiger partial charge in [0.15, 0.2) is 0 Å². The van der Waals surface area contributed by atoms with Gasteiger partial charge in [-0.05, 0) is 59.1 Å². The summed E-state index contributed by atoms with van der Waals surface area (Å²) in [5.41, 5.74) is 1.43. The van der Waals surface area contributed by atoms with Crippen molar-refractivity contribution < 1.29 is 4.74 Å². The molecule has 1 aliphatic carbocycles. The van der Waals surface area contributed by atoms with Crippen molar-refractivity contribution in [2.24, 2.45) is 11.8 Å². The van der Waals surface area contributed by atoms with Gasteiger partial charge in [0, 0.05) is 0 Å². The van der Waals surface area contributed by atoms with Crippen molar-refractivity contribution in [3.05, 3.63) is 42.0 Å². The third-order valence-electron chi connectivity index (χ3n) is 5.56. The van der Waals surface area contributed by atoms with E-state index in [1.165, 1.54) is 48.4 Å². The van der Waals surface area contributed by atoms with E-state index in [1.807, 2.05) is 62.5 Å². The SMILES string of the molecule is CC.CC.CC.CC.CCCC1CC(c2cc3ccccc3cc2OC)CC1CC. The van der Waals surface area contributed by atoms with Crippen LogP contribution in [0.2, 0.25) is 0 Å². The quantitative estimate of drug-likeness (QED) is 0.471. The third-order valence-corrected chi connectivity index (χ3v) is 5.56. The van der Waals surface area contributed by atoms with Crippen LogP contribution >= 0.6 is 0 Å². The largest absolute Gasteiger partial charge is 0.496 e. The Morgan fingerprint density at radius 3 is 1.73 bits per heavy atom. The van der Waals surface area contributed by atoms with Crippen molar-refractivity contribution in [3.8, 4) is 5.75 Å². The van der Waals surface area contributed by atoms with Crippen LogP contribution in [0.1, 0.15) is 113 Å². The molecule has 0 heterocycles. The number of methoxy groups -OCH3 is 1. The van der Waals surface area contributed by atoms with Gasteiger partial charge in [0.05, 0.1) is 7.11 Å². The second-order valence-corrected chi connectivity index (χ2v) is 6.83. The molecule has 3 atom stereocenters.